The molecule has 1 aromatic heterocycles. The lowest BCUT2D eigenvalue weighted by molar-refractivity contribution is 0.253. The van der Waals surface area contributed by atoms with Crippen LogP contribution in [0.3, 0.4) is 0 Å². The molecule has 0 saturated heterocycles. The molecule has 2 aromatic rings. The van der Waals surface area contributed by atoms with Gasteiger partial charge in [-0.05, 0) is 30.5 Å². The molecular formula is C15H21N3. The summed E-state index contributed by atoms with van der Waals surface area (Å²) in [5.41, 5.74) is 9.94. The summed E-state index contributed by atoms with van der Waals surface area (Å²) in [7, 11) is 2.09. The van der Waals surface area contributed by atoms with Crippen molar-refractivity contribution < 1.29 is 0 Å². The lowest BCUT2D eigenvalue weighted by Gasteiger charge is -2.41. The summed E-state index contributed by atoms with van der Waals surface area (Å²) in [6.07, 6.45) is 4.73. The maximum atomic E-state index is 5.98. The van der Waals surface area contributed by atoms with Crippen LogP contribution in [0.25, 0.3) is 11.0 Å². The molecule has 1 aromatic carbocycles. The number of imidazole rings is 1. The lowest BCUT2D eigenvalue weighted by Crippen LogP contribution is -2.41. The van der Waals surface area contributed by atoms with E-state index in [4.69, 9.17) is 10.7 Å². The van der Waals surface area contributed by atoms with Crippen LogP contribution in [-0.4, -0.2) is 16.1 Å². The van der Waals surface area contributed by atoms with Gasteiger partial charge in [-0.1, -0.05) is 19.4 Å². The topological polar surface area (TPSA) is 43.8 Å². The summed E-state index contributed by atoms with van der Waals surface area (Å²) in [5.74, 6) is 1.15. The Hall–Kier alpha value is -1.35. The predicted molar refractivity (Wildman–Crippen MR) is 74.7 cm³/mol. The third-order valence-electron chi connectivity index (χ3n) is 4.60. The molecule has 3 nitrogen and oxygen atoms in total. The van der Waals surface area contributed by atoms with Crippen LogP contribution >= 0.6 is 0 Å². The summed E-state index contributed by atoms with van der Waals surface area (Å²) < 4.78 is 2.19. The highest BCUT2D eigenvalue weighted by Crippen LogP contribution is 2.43. The average Bonchev–Trinajstić information content (AvgIpc) is 2.65. The van der Waals surface area contributed by atoms with E-state index in [0.29, 0.717) is 0 Å². The summed E-state index contributed by atoms with van der Waals surface area (Å²) >= 11 is 0. The number of benzene rings is 1. The third-order valence-corrected chi connectivity index (χ3v) is 4.60. The van der Waals surface area contributed by atoms with Gasteiger partial charge in [0.2, 0.25) is 0 Å². The van der Waals surface area contributed by atoms with Crippen molar-refractivity contribution >= 4 is 11.0 Å². The molecule has 0 radical (unpaired) electrons. The highest BCUT2D eigenvalue weighted by atomic mass is 15.1. The van der Waals surface area contributed by atoms with Gasteiger partial charge in [-0.15, -0.1) is 0 Å². The molecule has 0 atom stereocenters. The Labute approximate surface area is 108 Å². The molecule has 0 bridgehead atoms. The number of nitrogens with two attached hydrogens (primary N) is 1. The Morgan fingerprint density at radius 2 is 2.17 bits per heavy atom. The maximum absolute atomic E-state index is 5.98. The molecule has 3 heteroatoms. The highest BCUT2D eigenvalue weighted by molar-refractivity contribution is 5.77. The predicted octanol–water partition coefficient (Wildman–Crippen LogP) is 2.52. The summed E-state index contributed by atoms with van der Waals surface area (Å²) in [5, 5.41) is 0. The summed E-state index contributed by atoms with van der Waals surface area (Å²) in [6.45, 7) is 2.90. The molecule has 3 rings (SSSR count). The number of hydrogen-bond donors (Lipinski definition) is 1. The molecule has 2 N–H and O–H groups in total. The first-order valence-corrected chi connectivity index (χ1v) is 6.86. The lowest BCUT2D eigenvalue weighted by atomic mass is 9.64. The molecule has 18 heavy (non-hydrogen) atoms. The van der Waals surface area contributed by atoms with Gasteiger partial charge in [0.05, 0.1) is 11.0 Å². The maximum Gasteiger partial charge on any atom is 0.109 e. The second kappa shape index (κ2) is 4.09. The van der Waals surface area contributed by atoms with Crippen LogP contribution in [-0.2, 0) is 18.9 Å². The van der Waals surface area contributed by atoms with Gasteiger partial charge in [0.25, 0.3) is 0 Å². The highest BCUT2D eigenvalue weighted by Gasteiger charge is 2.37. The molecule has 0 spiro atoms. The molecule has 1 aliphatic rings. The molecule has 0 unspecified atom stereocenters. The van der Waals surface area contributed by atoms with E-state index in [-0.39, 0.29) is 5.41 Å². The zero-order chi connectivity index (χ0) is 12.8. The van der Waals surface area contributed by atoms with Gasteiger partial charge in [0, 0.05) is 25.4 Å². The monoisotopic (exact) mass is 243 g/mol. The summed E-state index contributed by atoms with van der Waals surface area (Å²) in [6, 6.07) is 6.70. The standard InChI is InChI=1S/C15H21N3/c1-3-14-17-12-9-11(5-6-13(12)18(14)2)15(10-16)7-4-8-15/h5-6,9H,3-4,7-8,10,16H2,1-2H3. The van der Waals surface area contributed by atoms with E-state index in [1.807, 2.05) is 0 Å². The van der Waals surface area contributed by atoms with Crippen LogP contribution in [0.4, 0.5) is 0 Å². The smallest absolute Gasteiger partial charge is 0.109 e. The zero-order valence-electron chi connectivity index (χ0n) is 11.2. The van der Waals surface area contributed by atoms with Gasteiger partial charge in [-0.2, -0.15) is 0 Å². The molecule has 0 aliphatic heterocycles. The minimum atomic E-state index is 0.234. The Morgan fingerprint density at radius 1 is 1.39 bits per heavy atom. The molecule has 1 saturated carbocycles. The fourth-order valence-electron chi connectivity index (χ4n) is 3.11. The van der Waals surface area contributed by atoms with Crippen molar-refractivity contribution in [3.63, 3.8) is 0 Å². The number of fused-ring (bicyclic) bond motifs is 1. The van der Waals surface area contributed by atoms with E-state index in [0.717, 1.165) is 24.3 Å². The van der Waals surface area contributed by atoms with Crippen LogP contribution in [0, 0.1) is 0 Å². The van der Waals surface area contributed by atoms with Crippen LogP contribution in [0.5, 0.6) is 0 Å². The normalized spacial score (nSPS) is 17.9. The Morgan fingerprint density at radius 3 is 2.72 bits per heavy atom. The Bertz CT molecular complexity index is 573. The fourth-order valence-corrected chi connectivity index (χ4v) is 3.11. The molecule has 96 valence electrons. The van der Waals surface area contributed by atoms with Crippen molar-refractivity contribution in [2.75, 3.05) is 6.54 Å². The fraction of sp³-hybridized carbons (Fsp3) is 0.533. The van der Waals surface area contributed by atoms with Crippen molar-refractivity contribution in [1.82, 2.24) is 9.55 Å². The van der Waals surface area contributed by atoms with Crippen molar-refractivity contribution in [2.45, 2.75) is 38.0 Å². The number of aromatic nitrogens is 2. The molecular weight excluding hydrogens is 222 g/mol. The number of aryl methyl sites for hydroxylation is 2. The Kier molecular flexibility index (Phi) is 2.67. The third kappa shape index (κ3) is 1.50. The van der Waals surface area contributed by atoms with Crippen LogP contribution in [0.2, 0.25) is 0 Å². The van der Waals surface area contributed by atoms with Crippen molar-refractivity contribution in [3.05, 3.63) is 29.6 Å². The Balaban J connectivity index is 2.11. The number of rotatable bonds is 3. The van der Waals surface area contributed by atoms with E-state index in [1.165, 1.54) is 30.3 Å². The van der Waals surface area contributed by atoms with Crippen molar-refractivity contribution in [2.24, 2.45) is 12.8 Å². The first-order chi connectivity index (χ1) is 8.70. The molecule has 1 heterocycles. The van der Waals surface area contributed by atoms with Gasteiger partial charge in [0.15, 0.2) is 0 Å². The number of hydrogen-bond acceptors (Lipinski definition) is 2. The SMILES string of the molecule is CCc1nc2cc(C3(CN)CCC3)ccc2n1C. The van der Waals surface area contributed by atoms with Crippen LogP contribution < -0.4 is 5.73 Å². The first-order valence-electron chi connectivity index (χ1n) is 6.86. The van der Waals surface area contributed by atoms with E-state index in [2.05, 4.69) is 36.7 Å². The van der Waals surface area contributed by atoms with Crippen LogP contribution in [0.15, 0.2) is 18.2 Å². The van der Waals surface area contributed by atoms with E-state index in [9.17, 15) is 0 Å². The second-order valence-electron chi connectivity index (χ2n) is 5.48. The minimum absolute atomic E-state index is 0.234. The number of nitrogens with zero attached hydrogens (tertiary/aromatic N) is 2. The largest absolute Gasteiger partial charge is 0.331 e. The first kappa shape index (κ1) is 11.7. The van der Waals surface area contributed by atoms with Gasteiger partial charge in [-0.25, -0.2) is 4.98 Å². The quantitative estimate of drug-likeness (QED) is 0.900. The van der Waals surface area contributed by atoms with Gasteiger partial charge >= 0.3 is 0 Å². The van der Waals surface area contributed by atoms with Crippen LogP contribution in [0.1, 0.15) is 37.6 Å². The molecule has 0 amide bonds. The summed E-state index contributed by atoms with van der Waals surface area (Å²) in [4.78, 5) is 4.72. The van der Waals surface area contributed by atoms with Crippen molar-refractivity contribution in [1.29, 1.82) is 0 Å². The zero-order valence-corrected chi connectivity index (χ0v) is 11.2. The van der Waals surface area contributed by atoms with Gasteiger partial charge in [-0.3, -0.25) is 0 Å². The van der Waals surface area contributed by atoms with E-state index >= 15 is 0 Å². The van der Waals surface area contributed by atoms with E-state index < -0.39 is 0 Å². The van der Waals surface area contributed by atoms with Gasteiger partial charge < -0.3 is 10.3 Å². The average molecular weight is 243 g/mol. The minimum Gasteiger partial charge on any atom is -0.331 e. The van der Waals surface area contributed by atoms with Gasteiger partial charge in [0.1, 0.15) is 5.82 Å². The second-order valence-corrected chi connectivity index (χ2v) is 5.48. The molecule has 1 aliphatic carbocycles. The van der Waals surface area contributed by atoms with E-state index in [1.54, 1.807) is 0 Å². The molecule has 1 fully saturated rings. The van der Waals surface area contributed by atoms with Crippen molar-refractivity contribution in [3.8, 4) is 0 Å².